The number of nitrogens with one attached hydrogen (secondary N) is 1. The van der Waals surface area contributed by atoms with Gasteiger partial charge < -0.3 is 15.2 Å². The van der Waals surface area contributed by atoms with E-state index in [0.29, 0.717) is 6.54 Å². The van der Waals surface area contributed by atoms with Gasteiger partial charge in [-0.05, 0) is 18.2 Å². The van der Waals surface area contributed by atoms with Crippen LogP contribution >= 0.6 is 0 Å². The molecular weight excluding hydrogens is 214 g/mol. The van der Waals surface area contributed by atoms with Gasteiger partial charge in [-0.15, -0.1) is 0 Å². The molecule has 1 unspecified atom stereocenters. The molecular formula is C14H13NO2. The maximum absolute atomic E-state index is 9.80. The molecule has 1 aliphatic rings. The fourth-order valence-corrected chi connectivity index (χ4v) is 2.05. The van der Waals surface area contributed by atoms with Crippen molar-refractivity contribution in [3.05, 3.63) is 54.1 Å². The third kappa shape index (κ3) is 1.80. The monoisotopic (exact) mass is 227 g/mol. The first-order valence-electron chi connectivity index (χ1n) is 5.62. The van der Waals surface area contributed by atoms with Crippen molar-refractivity contribution < 1.29 is 9.84 Å². The van der Waals surface area contributed by atoms with Crippen molar-refractivity contribution in [1.82, 2.24) is 0 Å². The van der Waals surface area contributed by atoms with E-state index >= 15 is 0 Å². The van der Waals surface area contributed by atoms with E-state index in [9.17, 15) is 5.11 Å². The fourth-order valence-electron chi connectivity index (χ4n) is 2.05. The molecule has 0 saturated heterocycles. The van der Waals surface area contributed by atoms with Crippen LogP contribution in [0.5, 0.6) is 11.5 Å². The zero-order valence-corrected chi connectivity index (χ0v) is 9.26. The minimum absolute atomic E-state index is 0.147. The van der Waals surface area contributed by atoms with Gasteiger partial charge in [0.05, 0.1) is 12.2 Å². The van der Waals surface area contributed by atoms with E-state index in [0.717, 1.165) is 17.0 Å². The summed E-state index contributed by atoms with van der Waals surface area (Å²) < 4.78 is 5.88. The molecule has 0 saturated carbocycles. The van der Waals surface area contributed by atoms with Crippen molar-refractivity contribution >= 4 is 5.69 Å². The Morgan fingerprint density at radius 1 is 1.06 bits per heavy atom. The molecule has 17 heavy (non-hydrogen) atoms. The van der Waals surface area contributed by atoms with Crippen LogP contribution in [0.3, 0.4) is 0 Å². The van der Waals surface area contributed by atoms with E-state index in [2.05, 4.69) is 5.32 Å². The second-order valence-electron chi connectivity index (χ2n) is 4.04. The highest BCUT2D eigenvalue weighted by atomic mass is 16.5. The molecule has 0 radical (unpaired) electrons. The van der Waals surface area contributed by atoms with Gasteiger partial charge in [-0.2, -0.15) is 0 Å². The normalized spacial score (nSPS) is 17.8. The Morgan fingerprint density at radius 2 is 1.82 bits per heavy atom. The van der Waals surface area contributed by atoms with E-state index in [-0.39, 0.29) is 11.9 Å². The van der Waals surface area contributed by atoms with Crippen LogP contribution in [0.4, 0.5) is 5.69 Å². The van der Waals surface area contributed by atoms with Gasteiger partial charge in [0.25, 0.3) is 0 Å². The summed E-state index contributed by atoms with van der Waals surface area (Å²) in [7, 11) is 0. The van der Waals surface area contributed by atoms with E-state index in [1.54, 1.807) is 6.07 Å². The molecule has 2 N–H and O–H groups in total. The van der Waals surface area contributed by atoms with E-state index in [1.807, 2.05) is 42.5 Å². The standard InChI is InChI=1S/C14H13NO2/c16-12-7-3-1-5-10(12)14-9-15-11-6-2-4-8-13(11)17-14/h1-8,14-16H,9H2. The molecule has 1 atom stereocenters. The summed E-state index contributed by atoms with van der Waals surface area (Å²) >= 11 is 0. The average Bonchev–Trinajstić information content (AvgIpc) is 2.39. The largest absolute Gasteiger partial charge is 0.508 e. The number of aromatic hydroxyl groups is 1. The molecule has 1 aliphatic heterocycles. The van der Waals surface area contributed by atoms with Crippen LogP contribution in [0.15, 0.2) is 48.5 Å². The predicted octanol–water partition coefficient (Wildman–Crippen LogP) is 2.94. The lowest BCUT2D eigenvalue weighted by atomic mass is 10.1. The number of rotatable bonds is 1. The van der Waals surface area contributed by atoms with Gasteiger partial charge in [0.2, 0.25) is 0 Å². The van der Waals surface area contributed by atoms with Crippen molar-refractivity contribution in [3.63, 3.8) is 0 Å². The maximum atomic E-state index is 9.80. The van der Waals surface area contributed by atoms with E-state index in [4.69, 9.17) is 4.74 Å². The molecule has 3 heteroatoms. The Kier molecular flexibility index (Phi) is 2.37. The number of hydrogen-bond donors (Lipinski definition) is 2. The van der Waals surface area contributed by atoms with Gasteiger partial charge in [0.1, 0.15) is 17.6 Å². The average molecular weight is 227 g/mol. The van der Waals surface area contributed by atoms with Crippen LogP contribution in [0.2, 0.25) is 0 Å². The maximum Gasteiger partial charge on any atom is 0.145 e. The Morgan fingerprint density at radius 3 is 2.71 bits per heavy atom. The summed E-state index contributed by atoms with van der Waals surface area (Å²) in [6.07, 6.45) is -0.147. The second-order valence-corrected chi connectivity index (χ2v) is 4.04. The third-order valence-electron chi connectivity index (χ3n) is 2.92. The third-order valence-corrected chi connectivity index (χ3v) is 2.92. The number of anilines is 1. The fraction of sp³-hybridized carbons (Fsp3) is 0.143. The zero-order chi connectivity index (χ0) is 11.7. The van der Waals surface area contributed by atoms with Gasteiger partial charge in [0.15, 0.2) is 0 Å². The van der Waals surface area contributed by atoms with Crippen LogP contribution in [0.1, 0.15) is 11.7 Å². The molecule has 2 aromatic rings. The lowest BCUT2D eigenvalue weighted by Gasteiger charge is -2.27. The summed E-state index contributed by atoms with van der Waals surface area (Å²) in [6.45, 7) is 0.661. The number of phenols is 1. The van der Waals surface area contributed by atoms with Crippen LogP contribution in [-0.2, 0) is 0 Å². The number of fused-ring (bicyclic) bond motifs is 1. The number of ether oxygens (including phenoxy) is 1. The van der Waals surface area contributed by atoms with Crippen molar-refractivity contribution in [3.8, 4) is 11.5 Å². The highest BCUT2D eigenvalue weighted by molar-refractivity contribution is 5.58. The van der Waals surface area contributed by atoms with Crippen molar-refractivity contribution in [2.24, 2.45) is 0 Å². The number of benzene rings is 2. The van der Waals surface area contributed by atoms with Gasteiger partial charge in [-0.25, -0.2) is 0 Å². The minimum Gasteiger partial charge on any atom is -0.508 e. The van der Waals surface area contributed by atoms with Crippen LogP contribution < -0.4 is 10.1 Å². The Bertz CT molecular complexity index is 539. The second kappa shape index (κ2) is 4.01. The SMILES string of the molecule is Oc1ccccc1C1CNc2ccccc2O1. The lowest BCUT2D eigenvalue weighted by molar-refractivity contribution is 0.206. The number of hydrogen-bond acceptors (Lipinski definition) is 3. The molecule has 0 bridgehead atoms. The van der Waals surface area contributed by atoms with Gasteiger partial charge >= 0.3 is 0 Å². The van der Waals surface area contributed by atoms with Crippen LogP contribution in [0, 0.1) is 0 Å². The van der Waals surface area contributed by atoms with Crippen LogP contribution in [-0.4, -0.2) is 11.7 Å². The Balaban J connectivity index is 1.92. The molecule has 3 nitrogen and oxygen atoms in total. The van der Waals surface area contributed by atoms with Crippen molar-refractivity contribution in [2.75, 3.05) is 11.9 Å². The Hall–Kier alpha value is -2.16. The lowest BCUT2D eigenvalue weighted by Crippen LogP contribution is -2.23. The topological polar surface area (TPSA) is 41.5 Å². The summed E-state index contributed by atoms with van der Waals surface area (Å²) in [5.74, 6) is 1.10. The Labute approximate surface area is 99.7 Å². The summed E-state index contributed by atoms with van der Waals surface area (Å²) in [6, 6.07) is 15.1. The molecule has 2 aromatic carbocycles. The quantitative estimate of drug-likeness (QED) is 0.787. The van der Waals surface area contributed by atoms with Gasteiger partial charge in [-0.1, -0.05) is 30.3 Å². The van der Waals surface area contributed by atoms with E-state index < -0.39 is 0 Å². The van der Waals surface area contributed by atoms with Crippen molar-refractivity contribution in [2.45, 2.75) is 6.10 Å². The summed E-state index contributed by atoms with van der Waals surface area (Å²) in [5.41, 5.74) is 1.81. The number of phenolic OH excluding ortho intramolecular Hbond substituents is 1. The first-order chi connectivity index (χ1) is 8.34. The zero-order valence-electron chi connectivity index (χ0n) is 9.26. The highest BCUT2D eigenvalue weighted by Gasteiger charge is 2.22. The molecule has 3 rings (SSSR count). The molecule has 86 valence electrons. The van der Waals surface area contributed by atoms with Crippen molar-refractivity contribution in [1.29, 1.82) is 0 Å². The first-order valence-corrected chi connectivity index (χ1v) is 5.62. The molecule has 0 fully saturated rings. The van der Waals surface area contributed by atoms with Crippen LogP contribution in [0.25, 0.3) is 0 Å². The minimum atomic E-state index is -0.147. The summed E-state index contributed by atoms with van der Waals surface area (Å²) in [5, 5.41) is 13.1. The highest BCUT2D eigenvalue weighted by Crippen LogP contribution is 2.36. The number of para-hydroxylation sites is 3. The predicted molar refractivity (Wildman–Crippen MR) is 66.4 cm³/mol. The molecule has 1 heterocycles. The van der Waals surface area contributed by atoms with Gasteiger partial charge in [0, 0.05) is 5.56 Å². The molecule has 0 amide bonds. The molecule has 0 aliphatic carbocycles. The smallest absolute Gasteiger partial charge is 0.145 e. The molecule has 0 aromatic heterocycles. The van der Waals surface area contributed by atoms with E-state index in [1.165, 1.54) is 0 Å². The molecule has 0 spiro atoms. The summed E-state index contributed by atoms with van der Waals surface area (Å²) in [4.78, 5) is 0. The van der Waals surface area contributed by atoms with Gasteiger partial charge in [-0.3, -0.25) is 0 Å². The first kappa shape index (κ1) is 10.0.